The monoisotopic (exact) mass is 209 g/mol. The van der Waals surface area contributed by atoms with Gasteiger partial charge in [0.15, 0.2) is 5.75 Å². The largest absolute Gasteiger partial charge is 0.425 e. The van der Waals surface area contributed by atoms with Gasteiger partial charge in [-0.1, -0.05) is 18.2 Å². The van der Waals surface area contributed by atoms with Gasteiger partial charge in [-0.15, -0.1) is 0 Å². The lowest BCUT2D eigenvalue weighted by Crippen LogP contribution is -1.88. The molecule has 0 unspecified atom stereocenters. The molecular formula is C9H8NO3P. The first-order valence-electron chi connectivity index (χ1n) is 3.97. The van der Waals surface area contributed by atoms with E-state index < -0.39 is 8.60 Å². The van der Waals surface area contributed by atoms with Crippen molar-refractivity contribution in [1.29, 1.82) is 0 Å². The Hall–Kier alpha value is -1.22. The molecule has 0 amide bonds. The third-order valence-corrected chi connectivity index (χ3v) is 2.14. The normalized spacial score (nSPS) is 10.8. The van der Waals surface area contributed by atoms with Crippen molar-refractivity contribution in [3.63, 3.8) is 0 Å². The molecule has 0 saturated heterocycles. The average molecular weight is 209 g/mol. The molecule has 0 saturated carbocycles. The maximum absolute atomic E-state index is 8.74. The number of pyridine rings is 1. The van der Waals surface area contributed by atoms with Crippen LogP contribution in [0.25, 0.3) is 10.9 Å². The summed E-state index contributed by atoms with van der Waals surface area (Å²) in [6, 6.07) is 9.00. The molecule has 1 heterocycles. The topological polar surface area (TPSA) is 62.6 Å². The van der Waals surface area contributed by atoms with Gasteiger partial charge < -0.3 is 14.3 Å². The third-order valence-electron chi connectivity index (χ3n) is 1.78. The van der Waals surface area contributed by atoms with E-state index in [1.807, 2.05) is 18.2 Å². The van der Waals surface area contributed by atoms with E-state index in [1.54, 1.807) is 18.3 Å². The zero-order valence-electron chi connectivity index (χ0n) is 7.16. The lowest BCUT2D eigenvalue weighted by Gasteiger charge is -2.07. The third kappa shape index (κ3) is 1.82. The molecule has 0 bridgehead atoms. The molecule has 0 spiro atoms. The Labute approximate surface area is 81.8 Å². The molecule has 2 aromatic rings. The highest BCUT2D eigenvalue weighted by Crippen LogP contribution is 2.32. The van der Waals surface area contributed by atoms with E-state index in [0.29, 0.717) is 11.3 Å². The predicted octanol–water partition coefficient (Wildman–Crippen LogP) is 1.83. The van der Waals surface area contributed by atoms with Crippen LogP contribution in [0.1, 0.15) is 0 Å². The summed E-state index contributed by atoms with van der Waals surface area (Å²) in [6.45, 7) is 0. The molecule has 4 nitrogen and oxygen atoms in total. The summed E-state index contributed by atoms with van der Waals surface area (Å²) in [6.07, 6.45) is 1.63. The average Bonchev–Trinajstić information content (AvgIpc) is 2.18. The number of fused-ring (bicyclic) bond motifs is 1. The summed E-state index contributed by atoms with van der Waals surface area (Å²) in [4.78, 5) is 21.6. The van der Waals surface area contributed by atoms with Crippen LogP contribution in [0.15, 0.2) is 36.5 Å². The highest BCUT2D eigenvalue weighted by atomic mass is 31.2. The Balaban J connectivity index is 2.53. The molecule has 2 rings (SSSR count). The molecule has 0 aliphatic carbocycles. The van der Waals surface area contributed by atoms with Crippen LogP contribution in [0.5, 0.6) is 5.75 Å². The number of hydrogen-bond acceptors (Lipinski definition) is 4. The molecule has 5 heteroatoms. The summed E-state index contributed by atoms with van der Waals surface area (Å²) >= 11 is 0. The van der Waals surface area contributed by atoms with Gasteiger partial charge in [-0.25, -0.2) is 0 Å². The number of nitrogens with zero attached hydrogens (tertiary/aromatic N) is 1. The van der Waals surface area contributed by atoms with Crippen molar-refractivity contribution in [3.8, 4) is 5.75 Å². The van der Waals surface area contributed by atoms with E-state index in [2.05, 4.69) is 4.98 Å². The van der Waals surface area contributed by atoms with Gasteiger partial charge in [0.2, 0.25) is 0 Å². The van der Waals surface area contributed by atoms with Gasteiger partial charge in [0.05, 0.1) is 0 Å². The molecule has 2 N–H and O–H groups in total. The summed E-state index contributed by atoms with van der Waals surface area (Å²) in [5.41, 5.74) is 0.630. The van der Waals surface area contributed by atoms with Crippen molar-refractivity contribution in [2.75, 3.05) is 0 Å². The zero-order chi connectivity index (χ0) is 9.97. The molecular weight excluding hydrogens is 201 g/mol. The second-order valence-corrected chi connectivity index (χ2v) is 3.36. The van der Waals surface area contributed by atoms with Crippen molar-refractivity contribution < 1.29 is 14.3 Å². The maximum atomic E-state index is 8.74. The minimum Gasteiger partial charge on any atom is -0.425 e. The Bertz CT molecular complexity index is 442. The number of aromatic nitrogens is 1. The first-order chi connectivity index (χ1) is 6.77. The molecule has 0 aliphatic heterocycles. The Morgan fingerprint density at radius 3 is 2.71 bits per heavy atom. The smallest absolute Gasteiger partial charge is 0.391 e. The fraction of sp³-hybridized carbons (Fsp3) is 0. The molecule has 0 fully saturated rings. The van der Waals surface area contributed by atoms with Crippen LogP contribution in [0.2, 0.25) is 0 Å². The second kappa shape index (κ2) is 3.88. The fourth-order valence-corrected chi connectivity index (χ4v) is 1.56. The van der Waals surface area contributed by atoms with Gasteiger partial charge in [-0.05, 0) is 12.1 Å². The molecule has 0 aliphatic rings. The lowest BCUT2D eigenvalue weighted by atomic mass is 10.2. The van der Waals surface area contributed by atoms with Gasteiger partial charge in [0.1, 0.15) is 5.52 Å². The van der Waals surface area contributed by atoms with Gasteiger partial charge in [0, 0.05) is 11.6 Å². The number of benzene rings is 1. The van der Waals surface area contributed by atoms with Crippen LogP contribution >= 0.6 is 8.60 Å². The van der Waals surface area contributed by atoms with Crippen LogP contribution in [0, 0.1) is 0 Å². The van der Waals surface area contributed by atoms with Gasteiger partial charge >= 0.3 is 8.60 Å². The van der Waals surface area contributed by atoms with E-state index in [-0.39, 0.29) is 0 Å². The highest BCUT2D eigenvalue weighted by Gasteiger charge is 2.06. The summed E-state index contributed by atoms with van der Waals surface area (Å²) in [7, 11) is -2.39. The van der Waals surface area contributed by atoms with E-state index in [0.717, 1.165) is 5.39 Å². The first-order valence-corrected chi connectivity index (χ1v) is 5.13. The minimum absolute atomic E-state index is 0.388. The van der Waals surface area contributed by atoms with Crippen LogP contribution in [-0.4, -0.2) is 14.8 Å². The summed E-state index contributed by atoms with van der Waals surface area (Å²) in [5.74, 6) is 0.388. The van der Waals surface area contributed by atoms with E-state index >= 15 is 0 Å². The Kier molecular flexibility index (Phi) is 2.59. The van der Waals surface area contributed by atoms with Gasteiger partial charge in [-0.3, -0.25) is 4.98 Å². The Morgan fingerprint density at radius 2 is 1.93 bits per heavy atom. The standard InChI is InChI=1S/C9H8NO3P/c11-14(12)13-8-5-1-3-7-4-2-6-10-9(7)8/h1-6,11-12H. The fourth-order valence-electron chi connectivity index (χ4n) is 1.24. The molecule has 1 aromatic heterocycles. The maximum Gasteiger partial charge on any atom is 0.391 e. The van der Waals surface area contributed by atoms with E-state index in [4.69, 9.17) is 14.3 Å². The predicted molar refractivity (Wildman–Crippen MR) is 53.7 cm³/mol. The van der Waals surface area contributed by atoms with Crippen LogP contribution in [0.4, 0.5) is 0 Å². The first kappa shape index (κ1) is 9.34. The number of hydrogen-bond donors (Lipinski definition) is 2. The van der Waals surface area contributed by atoms with Gasteiger partial charge in [-0.2, -0.15) is 0 Å². The summed E-state index contributed by atoms with van der Waals surface area (Å²) < 4.78 is 4.84. The van der Waals surface area contributed by atoms with Crippen molar-refractivity contribution in [2.24, 2.45) is 0 Å². The number of rotatable bonds is 2. The van der Waals surface area contributed by atoms with E-state index in [9.17, 15) is 0 Å². The van der Waals surface area contributed by atoms with E-state index in [1.165, 1.54) is 0 Å². The molecule has 0 atom stereocenters. The van der Waals surface area contributed by atoms with Crippen molar-refractivity contribution >= 4 is 19.5 Å². The molecule has 72 valence electrons. The molecule has 14 heavy (non-hydrogen) atoms. The van der Waals surface area contributed by atoms with Gasteiger partial charge in [0.25, 0.3) is 0 Å². The Morgan fingerprint density at radius 1 is 1.14 bits per heavy atom. The SMILES string of the molecule is OP(O)Oc1cccc2cccnc12. The molecule has 1 aromatic carbocycles. The summed E-state index contributed by atoms with van der Waals surface area (Å²) in [5, 5.41) is 0.904. The quantitative estimate of drug-likeness (QED) is 0.740. The second-order valence-electron chi connectivity index (χ2n) is 2.68. The zero-order valence-corrected chi connectivity index (χ0v) is 8.06. The minimum atomic E-state index is -2.39. The van der Waals surface area contributed by atoms with Crippen LogP contribution in [0.3, 0.4) is 0 Å². The van der Waals surface area contributed by atoms with Crippen molar-refractivity contribution in [2.45, 2.75) is 0 Å². The molecule has 0 radical (unpaired) electrons. The highest BCUT2D eigenvalue weighted by molar-refractivity contribution is 7.39. The van der Waals surface area contributed by atoms with Crippen LogP contribution in [-0.2, 0) is 0 Å². The van der Waals surface area contributed by atoms with Crippen molar-refractivity contribution in [3.05, 3.63) is 36.5 Å². The lowest BCUT2D eigenvalue weighted by molar-refractivity contribution is 0.376. The number of para-hydroxylation sites is 1. The van der Waals surface area contributed by atoms with Crippen molar-refractivity contribution in [1.82, 2.24) is 4.98 Å². The van der Waals surface area contributed by atoms with Crippen LogP contribution < -0.4 is 4.52 Å².